The first-order valence-corrected chi connectivity index (χ1v) is 14.1. The van der Waals surface area contributed by atoms with Crippen molar-refractivity contribution in [2.75, 3.05) is 23.5 Å². The number of nitrogens with one attached hydrogen (secondary N) is 3. The monoisotopic (exact) mass is 568 g/mol. The molecule has 0 bridgehead atoms. The smallest absolute Gasteiger partial charge is 0.254 e. The van der Waals surface area contributed by atoms with Crippen molar-refractivity contribution in [3.8, 4) is 17.6 Å². The lowest BCUT2D eigenvalue weighted by molar-refractivity contribution is -0.114. The Morgan fingerprint density at radius 3 is 2.51 bits per heavy atom. The third-order valence-electron chi connectivity index (χ3n) is 6.81. The van der Waals surface area contributed by atoms with Crippen molar-refractivity contribution in [2.24, 2.45) is 0 Å². The van der Waals surface area contributed by atoms with Gasteiger partial charge in [-0.3, -0.25) is 9.59 Å². The van der Waals surface area contributed by atoms with Gasteiger partial charge < -0.3 is 25.8 Å². The van der Waals surface area contributed by atoms with Gasteiger partial charge in [0.25, 0.3) is 5.91 Å². The van der Waals surface area contributed by atoms with E-state index in [-0.39, 0.29) is 34.6 Å². The zero-order valence-corrected chi connectivity index (χ0v) is 24.2. The van der Waals surface area contributed by atoms with E-state index in [1.807, 2.05) is 50.2 Å². The van der Waals surface area contributed by atoms with Gasteiger partial charge in [0.15, 0.2) is 11.5 Å². The summed E-state index contributed by atoms with van der Waals surface area (Å²) in [6, 6.07) is 22.0. The second kappa shape index (κ2) is 13.1. The van der Waals surface area contributed by atoms with Crippen molar-refractivity contribution in [3.63, 3.8) is 0 Å². The highest BCUT2D eigenvalue weighted by molar-refractivity contribution is 8.03. The second-order valence-electron chi connectivity index (χ2n) is 9.50. The highest BCUT2D eigenvalue weighted by Gasteiger charge is 2.35. The van der Waals surface area contributed by atoms with Crippen LogP contribution >= 0.6 is 11.8 Å². The molecule has 8 nitrogen and oxygen atoms in total. The van der Waals surface area contributed by atoms with E-state index in [0.29, 0.717) is 27.6 Å². The molecule has 1 atom stereocenters. The highest BCUT2D eigenvalue weighted by atomic mass is 32.2. The van der Waals surface area contributed by atoms with E-state index in [2.05, 4.69) is 22.0 Å². The number of thioether (sulfide) groups is 1. The SMILES string of the molecule is CCc1cccc(C)c1NC(=O)CSC1=C(C#N)C(c2ccc(O)c(OC)c2)C(C(=O)Nc2ccccc2)=C(C)N1. The van der Waals surface area contributed by atoms with Crippen LogP contribution in [0.15, 0.2) is 88.6 Å². The molecule has 3 aromatic carbocycles. The third-order valence-corrected chi connectivity index (χ3v) is 7.83. The summed E-state index contributed by atoms with van der Waals surface area (Å²) in [7, 11) is 1.44. The van der Waals surface area contributed by atoms with E-state index in [1.54, 1.807) is 31.2 Å². The number of nitrogens with zero attached hydrogens (tertiary/aromatic N) is 1. The van der Waals surface area contributed by atoms with Gasteiger partial charge in [-0.2, -0.15) is 5.26 Å². The van der Waals surface area contributed by atoms with Crippen LogP contribution in [0.3, 0.4) is 0 Å². The maximum Gasteiger partial charge on any atom is 0.254 e. The minimum atomic E-state index is -0.770. The molecule has 2 amide bonds. The summed E-state index contributed by atoms with van der Waals surface area (Å²) in [5, 5.41) is 30.2. The van der Waals surface area contributed by atoms with Crippen LogP contribution in [0.4, 0.5) is 11.4 Å². The van der Waals surface area contributed by atoms with Crippen molar-refractivity contribution >= 4 is 35.0 Å². The van der Waals surface area contributed by atoms with Gasteiger partial charge in [-0.25, -0.2) is 0 Å². The molecule has 1 heterocycles. The van der Waals surface area contributed by atoms with Gasteiger partial charge >= 0.3 is 0 Å². The molecule has 4 N–H and O–H groups in total. The fraction of sp³-hybridized carbons (Fsp3) is 0.219. The number of benzene rings is 3. The second-order valence-corrected chi connectivity index (χ2v) is 10.5. The predicted octanol–water partition coefficient (Wildman–Crippen LogP) is 5.98. The molecule has 4 rings (SSSR count). The first-order chi connectivity index (χ1) is 19.8. The first kappa shape index (κ1) is 29.3. The topological polar surface area (TPSA) is 123 Å². The molecule has 0 fully saturated rings. The standard InChI is InChI=1S/C32H32N4O4S/c1-5-21-11-9-10-19(2)30(21)36-27(38)18-41-32-24(17-33)29(22-14-15-25(37)26(16-22)40-4)28(20(3)34-32)31(39)35-23-12-7-6-8-13-23/h6-16,29,34,37H,5,18H2,1-4H3,(H,35,39)(H,36,38). The van der Waals surface area contributed by atoms with Gasteiger partial charge in [0.2, 0.25) is 5.91 Å². The fourth-order valence-electron chi connectivity index (χ4n) is 4.77. The number of carbonyl (C=O) groups is 2. The zero-order valence-electron chi connectivity index (χ0n) is 23.4. The molecule has 9 heteroatoms. The number of hydrogen-bond acceptors (Lipinski definition) is 7. The van der Waals surface area contributed by atoms with Crippen LogP contribution in [-0.4, -0.2) is 29.8 Å². The number of hydrogen-bond donors (Lipinski definition) is 4. The van der Waals surface area contributed by atoms with Crippen LogP contribution in [0.25, 0.3) is 0 Å². The first-order valence-electron chi connectivity index (χ1n) is 13.1. The summed E-state index contributed by atoms with van der Waals surface area (Å²) in [5.74, 6) is -1.14. The van der Waals surface area contributed by atoms with E-state index < -0.39 is 5.92 Å². The largest absolute Gasteiger partial charge is 0.504 e. The number of allylic oxidation sites excluding steroid dienone is 2. The number of aromatic hydroxyl groups is 1. The Morgan fingerprint density at radius 2 is 1.83 bits per heavy atom. The quantitative estimate of drug-likeness (QED) is 0.250. The third kappa shape index (κ3) is 6.56. The number of nitriles is 1. The Bertz CT molecular complexity index is 1570. The molecular formula is C32H32N4O4S. The molecule has 0 radical (unpaired) electrons. The minimum absolute atomic E-state index is 0.0510. The number of para-hydroxylation sites is 2. The Hall–Kier alpha value is -4.68. The van der Waals surface area contributed by atoms with Crippen molar-refractivity contribution in [2.45, 2.75) is 33.1 Å². The lowest BCUT2D eigenvalue weighted by atomic mass is 9.82. The van der Waals surface area contributed by atoms with E-state index in [0.717, 1.165) is 23.2 Å². The molecule has 1 aliphatic heterocycles. The number of dihydropyridines is 1. The predicted molar refractivity (Wildman–Crippen MR) is 163 cm³/mol. The number of anilines is 2. The number of rotatable bonds is 9. The van der Waals surface area contributed by atoms with Crippen LogP contribution in [0.1, 0.15) is 36.5 Å². The van der Waals surface area contributed by atoms with E-state index in [4.69, 9.17) is 4.74 Å². The molecule has 3 aromatic rings. The van der Waals surface area contributed by atoms with Gasteiger partial charge in [0.1, 0.15) is 0 Å². The average molecular weight is 569 g/mol. The van der Waals surface area contributed by atoms with Crippen LogP contribution in [-0.2, 0) is 16.0 Å². The number of carbonyl (C=O) groups excluding carboxylic acids is 2. The molecule has 41 heavy (non-hydrogen) atoms. The molecule has 1 unspecified atom stereocenters. The summed E-state index contributed by atoms with van der Waals surface area (Å²) in [4.78, 5) is 26.6. The van der Waals surface area contributed by atoms with E-state index in [9.17, 15) is 20.0 Å². The van der Waals surface area contributed by atoms with Crippen LogP contribution in [0, 0.1) is 18.3 Å². The zero-order chi connectivity index (χ0) is 29.5. The lowest BCUT2D eigenvalue weighted by Gasteiger charge is -2.30. The number of phenolic OH excluding ortho intramolecular Hbond substituents is 1. The molecule has 0 aromatic heterocycles. The Labute approximate surface area is 244 Å². The maximum absolute atomic E-state index is 13.6. The highest BCUT2D eigenvalue weighted by Crippen LogP contribution is 2.43. The summed E-state index contributed by atoms with van der Waals surface area (Å²) in [6.07, 6.45) is 0.783. The molecule has 0 saturated heterocycles. The van der Waals surface area contributed by atoms with Crippen LogP contribution < -0.4 is 20.7 Å². The average Bonchev–Trinajstić information content (AvgIpc) is 2.97. The molecule has 210 valence electrons. The van der Waals surface area contributed by atoms with Crippen molar-refractivity contribution < 1.29 is 19.4 Å². The molecule has 1 aliphatic rings. The maximum atomic E-state index is 13.6. The summed E-state index contributed by atoms with van der Waals surface area (Å²) >= 11 is 1.20. The number of methoxy groups -OCH3 is 1. The lowest BCUT2D eigenvalue weighted by Crippen LogP contribution is -2.31. The molecular weight excluding hydrogens is 536 g/mol. The molecule has 0 saturated carbocycles. The van der Waals surface area contributed by atoms with E-state index in [1.165, 1.54) is 24.9 Å². The van der Waals surface area contributed by atoms with Crippen LogP contribution in [0.5, 0.6) is 11.5 Å². The Balaban J connectivity index is 1.68. The Morgan fingerprint density at radius 1 is 1.07 bits per heavy atom. The molecule has 0 spiro atoms. The van der Waals surface area contributed by atoms with Gasteiger partial charge in [-0.05, 0) is 61.2 Å². The van der Waals surface area contributed by atoms with Gasteiger partial charge in [0.05, 0.1) is 35.5 Å². The summed E-state index contributed by atoms with van der Waals surface area (Å²) in [5.41, 5.74) is 5.20. The number of phenols is 1. The number of aryl methyl sites for hydroxylation is 2. The van der Waals surface area contributed by atoms with Crippen molar-refractivity contribution in [1.82, 2.24) is 5.32 Å². The fourth-order valence-corrected chi connectivity index (χ4v) is 5.66. The van der Waals surface area contributed by atoms with Crippen molar-refractivity contribution in [1.29, 1.82) is 5.26 Å². The minimum Gasteiger partial charge on any atom is -0.504 e. The Kier molecular flexibility index (Phi) is 9.37. The van der Waals surface area contributed by atoms with Gasteiger partial charge in [-0.15, -0.1) is 0 Å². The van der Waals surface area contributed by atoms with Crippen molar-refractivity contribution in [3.05, 3.63) is 105 Å². The normalized spacial score (nSPS) is 14.7. The van der Waals surface area contributed by atoms with E-state index >= 15 is 0 Å². The number of amides is 2. The number of ether oxygens (including phenoxy) is 1. The molecule has 0 aliphatic carbocycles. The van der Waals surface area contributed by atoms with Crippen LogP contribution in [0.2, 0.25) is 0 Å². The van der Waals surface area contributed by atoms with Gasteiger partial charge in [-0.1, -0.05) is 61.2 Å². The summed E-state index contributed by atoms with van der Waals surface area (Å²) < 4.78 is 5.32. The summed E-state index contributed by atoms with van der Waals surface area (Å²) in [6.45, 7) is 5.75. The van der Waals surface area contributed by atoms with Gasteiger partial charge in [0, 0.05) is 22.6 Å².